The number of benzene rings is 2. The summed E-state index contributed by atoms with van der Waals surface area (Å²) in [6, 6.07) is 10.7. The summed E-state index contributed by atoms with van der Waals surface area (Å²) in [5, 5.41) is 10.3. The molecule has 1 N–H and O–H groups in total. The third-order valence-corrected chi connectivity index (χ3v) is 4.36. The Hall–Kier alpha value is -2.02. The van der Waals surface area contributed by atoms with Gasteiger partial charge < -0.3 is 14.6 Å². The van der Waals surface area contributed by atoms with E-state index >= 15 is 0 Å². The van der Waals surface area contributed by atoms with Gasteiger partial charge in [-0.05, 0) is 35.9 Å². The van der Waals surface area contributed by atoms with E-state index < -0.39 is 17.7 Å². The molecule has 1 saturated heterocycles. The van der Waals surface area contributed by atoms with Crippen molar-refractivity contribution in [1.82, 2.24) is 4.90 Å². The van der Waals surface area contributed by atoms with Crippen LogP contribution in [0.5, 0.6) is 5.75 Å². The third kappa shape index (κ3) is 4.34. The zero-order valence-electron chi connectivity index (χ0n) is 14.0. The Labute approximate surface area is 145 Å². The van der Waals surface area contributed by atoms with Crippen molar-refractivity contribution in [1.29, 1.82) is 0 Å². The summed E-state index contributed by atoms with van der Waals surface area (Å²) in [6.07, 6.45) is -1.26. The molecule has 1 fully saturated rings. The van der Waals surface area contributed by atoms with Gasteiger partial charge in [-0.15, -0.1) is 0 Å². The molecule has 2 unspecified atom stereocenters. The quantitative estimate of drug-likeness (QED) is 0.901. The Bertz CT molecular complexity index is 726. The van der Waals surface area contributed by atoms with Crippen molar-refractivity contribution in [2.45, 2.75) is 12.2 Å². The summed E-state index contributed by atoms with van der Waals surface area (Å²) in [4.78, 5) is 1.99. The number of halogens is 2. The van der Waals surface area contributed by atoms with Crippen molar-refractivity contribution in [2.75, 3.05) is 33.4 Å². The number of rotatable bonds is 5. The third-order valence-electron chi connectivity index (χ3n) is 4.36. The number of ether oxygens (including phenoxy) is 2. The van der Waals surface area contributed by atoms with Crippen LogP contribution in [0.4, 0.5) is 8.78 Å². The molecule has 1 aliphatic heterocycles. The Morgan fingerprint density at radius 1 is 1.28 bits per heavy atom. The van der Waals surface area contributed by atoms with Gasteiger partial charge in [0.25, 0.3) is 0 Å². The molecule has 1 aliphatic rings. The molecule has 0 amide bonds. The lowest BCUT2D eigenvalue weighted by molar-refractivity contribution is -0.0427. The van der Waals surface area contributed by atoms with Crippen molar-refractivity contribution in [3.63, 3.8) is 0 Å². The van der Waals surface area contributed by atoms with Crippen LogP contribution in [0, 0.1) is 11.6 Å². The van der Waals surface area contributed by atoms with Gasteiger partial charge in [-0.3, -0.25) is 4.90 Å². The average Bonchev–Trinajstić information content (AvgIpc) is 2.64. The standard InChI is InChI=1S/C19H21F2NO3/c1-24-15-4-2-3-13(9-15)19-12-22(7-8-25-19)11-18(23)16-10-14(20)5-6-17(16)21/h2-6,9-10,18-19,23H,7-8,11-12H2,1H3. The van der Waals surface area contributed by atoms with Crippen molar-refractivity contribution < 1.29 is 23.4 Å². The SMILES string of the molecule is COc1cccc(C2CN(CC(O)c3cc(F)ccc3F)CCO2)c1. The van der Waals surface area contributed by atoms with Crippen molar-refractivity contribution >= 4 is 0 Å². The number of methoxy groups -OCH3 is 1. The molecule has 0 saturated carbocycles. The normalized spacial score (nSPS) is 19.6. The number of aliphatic hydroxyl groups excluding tert-OH is 1. The van der Waals surface area contributed by atoms with Gasteiger partial charge in [0.1, 0.15) is 17.4 Å². The highest BCUT2D eigenvalue weighted by Crippen LogP contribution is 2.27. The van der Waals surface area contributed by atoms with E-state index in [0.717, 1.165) is 29.5 Å². The van der Waals surface area contributed by atoms with Crippen LogP contribution in [0.15, 0.2) is 42.5 Å². The first-order valence-corrected chi connectivity index (χ1v) is 8.17. The van der Waals surface area contributed by atoms with Gasteiger partial charge in [0, 0.05) is 25.2 Å². The second-order valence-electron chi connectivity index (χ2n) is 6.08. The predicted octanol–water partition coefficient (Wildman–Crippen LogP) is 3.08. The second kappa shape index (κ2) is 7.91. The van der Waals surface area contributed by atoms with Gasteiger partial charge in [-0.1, -0.05) is 12.1 Å². The van der Waals surface area contributed by atoms with Gasteiger partial charge in [0.05, 0.1) is 25.9 Å². The monoisotopic (exact) mass is 349 g/mol. The molecular formula is C19H21F2NO3. The maximum Gasteiger partial charge on any atom is 0.129 e. The predicted molar refractivity (Wildman–Crippen MR) is 89.4 cm³/mol. The fourth-order valence-corrected chi connectivity index (χ4v) is 3.02. The smallest absolute Gasteiger partial charge is 0.129 e. The number of hydrogen-bond acceptors (Lipinski definition) is 4. The molecule has 0 aromatic heterocycles. The van der Waals surface area contributed by atoms with Crippen LogP contribution >= 0.6 is 0 Å². The minimum absolute atomic E-state index is 0.0237. The highest BCUT2D eigenvalue weighted by molar-refractivity contribution is 5.30. The molecule has 0 bridgehead atoms. The van der Waals surface area contributed by atoms with E-state index in [1.54, 1.807) is 7.11 Å². The first-order valence-electron chi connectivity index (χ1n) is 8.17. The molecule has 2 aromatic rings. The van der Waals surface area contributed by atoms with E-state index in [4.69, 9.17) is 9.47 Å². The van der Waals surface area contributed by atoms with Crippen molar-refractivity contribution in [3.8, 4) is 5.75 Å². The molecule has 1 heterocycles. The van der Waals surface area contributed by atoms with Crippen LogP contribution < -0.4 is 4.74 Å². The van der Waals surface area contributed by atoms with Crippen LogP contribution in [0.2, 0.25) is 0 Å². The first kappa shape index (κ1) is 17.8. The largest absolute Gasteiger partial charge is 0.497 e. The molecule has 25 heavy (non-hydrogen) atoms. The van der Waals surface area contributed by atoms with Crippen LogP contribution in [0.1, 0.15) is 23.3 Å². The molecule has 4 nitrogen and oxygen atoms in total. The average molecular weight is 349 g/mol. The molecule has 3 rings (SSSR count). The van der Waals surface area contributed by atoms with Gasteiger partial charge in [-0.25, -0.2) is 8.78 Å². The highest BCUT2D eigenvalue weighted by atomic mass is 19.1. The minimum atomic E-state index is -1.10. The van der Waals surface area contributed by atoms with E-state index in [1.807, 2.05) is 29.2 Å². The lowest BCUT2D eigenvalue weighted by Gasteiger charge is -2.34. The maximum absolute atomic E-state index is 13.8. The molecule has 2 atom stereocenters. The number of hydrogen-bond donors (Lipinski definition) is 1. The number of β-amino-alcohol motifs (C(OH)–C–C–N with tert-alkyl or cyclic N) is 1. The number of nitrogens with zero attached hydrogens (tertiary/aromatic N) is 1. The molecule has 0 spiro atoms. The summed E-state index contributed by atoms with van der Waals surface area (Å²) < 4.78 is 38.2. The molecule has 2 aromatic carbocycles. The summed E-state index contributed by atoms with van der Waals surface area (Å²) >= 11 is 0. The Balaban J connectivity index is 1.68. The number of aliphatic hydroxyl groups is 1. The summed E-state index contributed by atoms with van der Waals surface area (Å²) in [7, 11) is 1.61. The Morgan fingerprint density at radius 2 is 2.12 bits per heavy atom. The zero-order valence-corrected chi connectivity index (χ0v) is 14.0. The fraction of sp³-hybridized carbons (Fsp3) is 0.368. The maximum atomic E-state index is 13.8. The van der Waals surface area contributed by atoms with E-state index in [2.05, 4.69) is 0 Å². The highest BCUT2D eigenvalue weighted by Gasteiger charge is 2.25. The van der Waals surface area contributed by atoms with Crippen LogP contribution in [0.3, 0.4) is 0 Å². The molecule has 0 aliphatic carbocycles. The number of morpholine rings is 1. The second-order valence-corrected chi connectivity index (χ2v) is 6.08. The fourth-order valence-electron chi connectivity index (χ4n) is 3.02. The van der Waals surface area contributed by atoms with Crippen LogP contribution in [-0.4, -0.2) is 43.4 Å². The molecule has 134 valence electrons. The zero-order chi connectivity index (χ0) is 17.8. The van der Waals surface area contributed by atoms with Gasteiger partial charge in [-0.2, -0.15) is 0 Å². The van der Waals surface area contributed by atoms with E-state index in [1.165, 1.54) is 0 Å². The summed E-state index contributed by atoms with van der Waals surface area (Å²) in [5.74, 6) is -0.418. The van der Waals surface area contributed by atoms with Crippen molar-refractivity contribution in [3.05, 3.63) is 65.2 Å². The van der Waals surface area contributed by atoms with E-state index in [-0.39, 0.29) is 18.2 Å². The summed E-state index contributed by atoms with van der Waals surface area (Å²) in [6.45, 7) is 1.89. The van der Waals surface area contributed by atoms with Crippen molar-refractivity contribution in [2.24, 2.45) is 0 Å². The van der Waals surface area contributed by atoms with Gasteiger partial charge >= 0.3 is 0 Å². The first-order chi connectivity index (χ1) is 12.1. The lowest BCUT2D eigenvalue weighted by Crippen LogP contribution is -2.40. The Morgan fingerprint density at radius 3 is 2.92 bits per heavy atom. The molecular weight excluding hydrogens is 328 g/mol. The van der Waals surface area contributed by atoms with E-state index in [9.17, 15) is 13.9 Å². The van der Waals surface area contributed by atoms with E-state index in [0.29, 0.717) is 19.7 Å². The topological polar surface area (TPSA) is 41.9 Å². The summed E-state index contributed by atoms with van der Waals surface area (Å²) in [5.41, 5.74) is 0.958. The van der Waals surface area contributed by atoms with Gasteiger partial charge in [0.2, 0.25) is 0 Å². The molecule has 6 heteroatoms. The van der Waals surface area contributed by atoms with Crippen LogP contribution in [-0.2, 0) is 4.74 Å². The minimum Gasteiger partial charge on any atom is -0.497 e. The Kier molecular flexibility index (Phi) is 5.63. The molecule has 0 radical (unpaired) electrons. The van der Waals surface area contributed by atoms with Gasteiger partial charge in [0.15, 0.2) is 0 Å². The van der Waals surface area contributed by atoms with Crippen LogP contribution in [0.25, 0.3) is 0 Å². The lowest BCUT2D eigenvalue weighted by atomic mass is 10.1.